The topological polar surface area (TPSA) is 186 Å². The van der Waals surface area contributed by atoms with Crippen LogP contribution in [-0.2, 0) is 19.3 Å². The minimum absolute atomic E-state index is 0.185. The second kappa shape index (κ2) is 9.52. The number of aromatic nitrogens is 3. The Bertz CT molecular complexity index is 1620. The first-order valence-electron chi connectivity index (χ1n) is 11.3. The third-order valence-electron chi connectivity index (χ3n) is 6.61. The molecule has 13 heteroatoms. The zero-order chi connectivity index (χ0) is 26.3. The molecule has 4 atom stereocenters. The van der Waals surface area contributed by atoms with Crippen molar-refractivity contribution in [3.05, 3.63) is 60.3 Å². The lowest BCUT2D eigenvalue weighted by molar-refractivity contribution is -0.115. The molecule has 0 radical (unpaired) electrons. The van der Waals surface area contributed by atoms with Crippen LogP contribution in [0.25, 0.3) is 27.7 Å². The lowest BCUT2D eigenvalue weighted by Gasteiger charge is -2.19. The molecule has 4 aromatic rings. The van der Waals surface area contributed by atoms with Crippen molar-refractivity contribution in [1.29, 1.82) is 0 Å². The van der Waals surface area contributed by atoms with Gasteiger partial charge in [0.25, 0.3) is 0 Å². The maximum absolute atomic E-state index is 11.6. The third-order valence-corrected chi connectivity index (χ3v) is 7.07. The number of benzene rings is 2. The van der Waals surface area contributed by atoms with Crippen LogP contribution in [0.15, 0.2) is 54.7 Å². The first kappa shape index (κ1) is 24.8. The van der Waals surface area contributed by atoms with Crippen molar-refractivity contribution in [2.45, 2.75) is 18.6 Å². The van der Waals surface area contributed by atoms with E-state index in [2.05, 4.69) is 19.6 Å². The second-order valence-electron chi connectivity index (χ2n) is 8.90. The Balaban J connectivity index is 1.46. The molecule has 5 N–H and O–H groups in total. The van der Waals surface area contributed by atoms with Crippen LogP contribution in [0.3, 0.4) is 0 Å². The van der Waals surface area contributed by atoms with Gasteiger partial charge >= 0.3 is 16.3 Å². The summed E-state index contributed by atoms with van der Waals surface area (Å²) in [6, 6.07) is 13.3. The standard InChI is InChI=1S/C24H23N5O7S/c25-37(34,35)36-12-15-9-20(23(31)18(15)11-30)27-21-6-7-26-22-10-19(28-29(21)22)17-3-1-2-13-8-14(24(32)33)4-5-16(13)17/h1-8,10-11,15,18,20,23,27,31H,9,12H2,(H,32,33)(H2,25,34,35). The Morgan fingerprint density at radius 2 is 2.05 bits per heavy atom. The smallest absolute Gasteiger partial charge is 0.335 e. The molecule has 2 aromatic carbocycles. The number of carbonyl (C=O) groups excluding carboxylic acids is 1. The summed E-state index contributed by atoms with van der Waals surface area (Å²) >= 11 is 0. The van der Waals surface area contributed by atoms with Crippen LogP contribution in [-0.4, -0.2) is 64.2 Å². The van der Waals surface area contributed by atoms with E-state index in [4.69, 9.17) is 5.14 Å². The van der Waals surface area contributed by atoms with Crippen LogP contribution >= 0.6 is 0 Å². The number of nitrogens with one attached hydrogen (secondary N) is 1. The van der Waals surface area contributed by atoms with Crippen molar-refractivity contribution in [1.82, 2.24) is 14.6 Å². The number of nitrogens with two attached hydrogens (primary N) is 1. The highest BCUT2D eigenvalue weighted by molar-refractivity contribution is 7.84. The maximum atomic E-state index is 11.6. The highest BCUT2D eigenvalue weighted by atomic mass is 32.2. The number of hydrogen-bond donors (Lipinski definition) is 4. The first-order chi connectivity index (χ1) is 17.6. The van der Waals surface area contributed by atoms with Gasteiger partial charge in [-0.15, -0.1) is 0 Å². The van der Waals surface area contributed by atoms with E-state index in [1.165, 1.54) is 6.07 Å². The number of carboxylic acid groups (broad SMARTS) is 1. The Labute approximate surface area is 210 Å². The largest absolute Gasteiger partial charge is 0.478 e. The van der Waals surface area contributed by atoms with Crippen LogP contribution in [0.4, 0.5) is 5.82 Å². The summed E-state index contributed by atoms with van der Waals surface area (Å²) in [6.07, 6.45) is 1.33. The van der Waals surface area contributed by atoms with Crippen LogP contribution in [0.5, 0.6) is 0 Å². The quantitative estimate of drug-likeness (QED) is 0.245. The van der Waals surface area contributed by atoms with Crippen molar-refractivity contribution >= 4 is 44.8 Å². The molecule has 0 aliphatic heterocycles. The highest BCUT2D eigenvalue weighted by Gasteiger charge is 2.43. The number of rotatable bonds is 8. The molecule has 0 spiro atoms. The minimum Gasteiger partial charge on any atom is -0.478 e. The normalized spacial score (nSPS) is 21.9. The van der Waals surface area contributed by atoms with E-state index in [9.17, 15) is 28.2 Å². The highest BCUT2D eigenvalue weighted by Crippen LogP contribution is 2.34. The molecule has 4 unspecified atom stereocenters. The molecule has 1 saturated carbocycles. The summed E-state index contributed by atoms with van der Waals surface area (Å²) in [7, 11) is -4.18. The van der Waals surface area contributed by atoms with Gasteiger partial charge in [0.2, 0.25) is 0 Å². The maximum Gasteiger partial charge on any atom is 0.335 e. The molecule has 1 fully saturated rings. The Hall–Kier alpha value is -3.91. The fourth-order valence-electron chi connectivity index (χ4n) is 4.83. The zero-order valence-corrected chi connectivity index (χ0v) is 20.1. The van der Waals surface area contributed by atoms with E-state index in [1.54, 1.807) is 35.0 Å². The lowest BCUT2D eigenvalue weighted by atomic mass is 9.97. The van der Waals surface area contributed by atoms with E-state index >= 15 is 0 Å². The van der Waals surface area contributed by atoms with Gasteiger partial charge in [0.15, 0.2) is 5.65 Å². The number of nitrogens with zero attached hydrogens (tertiary/aromatic N) is 3. The van der Waals surface area contributed by atoms with Gasteiger partial charge in [-0.25, -0.2) is 14.9 Å². The van der Waals surface area contributed by atoms with E-state index in [0.717, 1.165) is 16.3 Å². The summed E-state index contributed by atoms with van der Waals surface area (Å²) in [5.41, 5.74) is 2.10. The zero-order valence-electron chi connectivity index (χ0n) is 19.3. The Morgan fingerprint density at radius 1 is 1.24 bits per heavy atom. The van der Waals surface area contributed by atoms with Crippen molar-refractivity contribution in [2.24, 2.45) is 17.0 Å². The van der Waals surface area contributed by atoms with Gasteiger partial charge in [0.05, 0.1) is 30.0 Å². The molecular formula is C24H23N5O7S. The predicted octanol–water partition coefficient (Wildman–Crippen LogP) is 1.44. The summed E-state index contributed by atoms with van der Waals surface area (Å²) < 4.78 is 28.6. The van der Waals surface area contributed by atoms with Crippen LogP contribution in [0.1, 0.15) is 16.8 Å². The molecule has 192 valence electrons. The second-order valence-corrected chi connectivity index (χ2v) is 10.1. The number of fused-ring (bicyclic) bond motifs is 2. The molecular weight excluding hydrogens is 502 g/mol. The van der Waals surface area contributed by atoms with Crippen LogP contribution in [0, 0.1) is 11.8 Å². The molecule has 2 aromatic heterocycles. The minimum atomic E-state index is -4.18. The lowest BCUT2D eigenvalue weighted by Crippen LogP contribution is -2.33. The molecule has 0 saturated heterocycles. The van der Waals surface area contributed by atoms with Gasteiger partial charge < -0.3 is 20.3 Å². The van der Waals surface area contributed by atoms with Crippen LogP contribution in [0.2, 0.25) is 0 Å². The predicted molar refractivity (Wildman–Crippen MR) is 133 cm³/mol. The number of aldehydes is 1. The summed E-state index contributed by atoms with van der Waals surface area (Å²) in [5, 5.41) is 34.4. The van der Waals surface area contributed by atoms with E-state index < -0.39 is 40.3 Å². The summed E-state index contributed by atoms with van der Waals surface area (Å²) in [6.45, 7) is -0.320. The molecule has 2 heterocycles. The Morgan fingerprint density at radius 3 is 2.78 bits per heavy atom. The van der Waals surface area contributed by atoms with Crippen molar-refractivity contribution in [3.63, 3.8) is 0 Å². The number of aliphatic hydroxyl groups is 1. The number of aromatic carboxylic acids is 1. The molecule has 37 heavy (non-hydrogen) atoms. The molecule has 5 rings (SSSR count). The summed E-state index contributed by atoms with van der Waals surface area (Å²) in [5.74, 6) is -1.90. The van der Waals surface area contributed by atoms with Gasteiger partial charge in [0.1, 0.15) is 12.1 Å². The number of aliphatic hydroxyl groups excluding tert-OH is 1. The van der Waals surface area contributed by atoms with Gasteiger partial charge in [-0.3, -0.25) is 4.18 Å². The molecule has 12 nitrogen and oxygen atoms in total. The summed E-state index contributed by atoms with van der Waals surface area (Å²) in [4.78, 5) is 27.3. The van der Waals surface area contributed by atoms with Crippen molar-refractivity contribution in [2.75, 3.05) is 11.9 Å². The Kier molecular flexibility index (Phi) is 6.37. The first-order valence-corrected chi connectivity index (χ1v) is 12.8. The van der Waals surface area contributed by atoms with Crippen molar-refractivity contribution < 1.29 is 32.4 Å². The van der Waals surface area contributed by atoms with Gasteiger partial charge in [-0.1, -0.05) is 24.3 Å². The number of carboxylic acids is 1. The number of carbonyl (C=O) groups is 2. The van der Waals surface area contributed by atoms with E-state index in [-0.39, 0.29) is 18.6 Å². The molecule has 0 amide bonds. The fourth-order valence-corrected chi connectivity index (χ4v) is 5.20. The van der Waals surface area contributed by atoms with Gasteiger partial charge in [-0.05, 0) is 41.3 Å². The van der Waals surface area contributed by atoms with Crippen molar-refractivity contribution in [3.8, 4) is 11.3 Å². The van der Waals surface area contributed by atoms with Gasteiger partial charge in [-0.2, -0.15) is 18.0 Å². The van der Waals surface area contributed by atoms with E-state index in [0.29, 0.717) is 23.4 Å². The molecule has 1 aliphatic rings. The number of hydrogen-bond acceptors (Lipinski definition) is 9. The fraction of sp³-hybridized carbons (Fsp3) is 0.250. The number of anilines is 1. The third kappa shape index (κ3) is 4.89. The molecule has 1 aliphatic carbocycles. The average Bonchev–Trinajstić information content (AvgIpc) is 3.43. The molecule has 0 bridgehead atoms. The SMILES string of the molecule is NS(=O)(=O)OCC1CC(Nc2ccnc3cc(-c4cccc5cc(C(=O)O)ccc45)nn23)C(O)C1C=O. The van der Waals surface area contributed by atoms with Gasteiger partial charge in [0, 0.05) is 23.7 Å². The monoisotopic (exact) mass is 525 g/mol. The van der Waals surface area contributed by atoms with E-state index in [1.807, 2.05) is 18.2 Å². The van der Waals surface area contributed by atoms with Crippen LogP contribution < -0.4 is 10.5 Å². The average molecular weight is 526 g/mol.